The molecule has 1 aliphatic carbocycles. The van der Waals surface area contributed by atoms with Crippen LogP contribution in [0.5, 0.6) is 0 Å². The van der Waals surface area contributed by atoms with E-state index in [1.807, 2.05) is 0 Å². The summed E-state index contributed by atoms with van der Waals surface area (Å²) in [4.78, 5) is 14.7. The van der Waals surface area contributed by atoms with E-state index in [1.165, 1.54) is 51.4 Å². The molecule has 2 amide bonds. The topological polar surface area (TPSA) is 41.6 Å². The summed E-state index contributed by atoms with van der Waals surface area (Å²) in [6.45, 7) is 3.86. The number of hydrogen-bond acceptors (Lipinski definition) is 2. The quantitative estimate of drug-likeness (QED) is 0.860. The molecule has 0 aromatic heterocycles. The summed E-state index contributed by atoms with van der Waals surface area (Å²) in [5, 5.41) is 3.19. The van der Waals surface area contributed by atoms with Crippen LogP contribution in [-0.2, 0) is 4.74 Å². The van der Waals surface area contributed by atoms with Crippen LogP contribution in [0.1, 0.15) is 71.1 Å². The van der Waals surface area contributed by atoms with Crippen LogP contribution in [0.25, 0.3) is 0 Å². The van der Waals surface area contributed by atoms with Crippen molar-refractivity contribution in [1.82, 2.24) is 10.2 Å². The third-order valence-corrected chi connectivity index (χ3v) is 5.84. The van der Waals surface area contributed by atoms with Crippen LogP contribution in [0.15, 0.2) is 0 Å². The molecule has 3 fully saturated rings. The van der Waals surface area contributed by atoms with E-state index < -0.39 is 0 Å². The molecule has 0 radical (unpaired) electrons. The molecule has 0 unspecified atom stereocenters. The first-order valence-electron chi connectivity index (χ1n) is 9.43. The molecule has 0 spiro atoms. The largest absolute Gasteiger partial charge is 0.376 e. The van der Waals surface area contributed by atoms with Crippen LogP contribution >= 0.6 is 0 Å². The highest BCUT2D eigenvalue weighted by molar-refractivity contribution is 5.75. The molecule has 4 heteroatoms. The summed E-state index contributed by atoms with van der Waals surface area (Å²) in [7, 11) is 0. The van der Waals surface area contributed by atoms with Crippen LogP contribution in [0.4, 0.5) is 4.79 Å². The van der Waals surface area contributed by atoms with Crippen molar-refractivity contribution in [1.29, 1.82) is 0 Å². The highest BCUT2D eigenvalue weighted by atomic mass is 16.5. The lowest BCUT2D eigenvalue weighted by Crippen LogP contribution is -2.49. The van der Waals surface area contributed by atoms with Gasteiger partial charge in [0.2, 0.25) is 0 Å². The van der Waals surface area contributed by atoms with Gasteiger partial charge in [-0.1, -0.05) is 32.1 Å². The zero-order valence-corrected chi connectivity index (χ0v) is 14.1. The first kappa shape index (κ1) is 16.1. The van der Waals surface area contributed by atoms with Gasteiger partial charge >= 0.3 is 6.03 Å². The maximum Gasteiger partial charge on any atom is 0.317 e. The number of urea groups is 1. The molecule has 4 nitrogen and oxygen atoms in total. The minimum absolute atomic E-state index is 0.130. The number of nitrogens with zero attached hydrogens (tertiary/aromatic N) is 1. The molecule has 2 heterocycles. The molecule has 2 aliphatic heterocycles. The Bertz CT molecular complexity index is 362. The van der Waals surface area contributed by atoms with Gasteiger partial charge in [-0.25, -0.2) is 4.79 Å². The molecule has 0 aromatic rings. The van der Waals surface area contributed by atoms with E-state index in [9.17, 15) is 4.79 Å². The highest BCUT2D eigenvalue weighted by Crippen LogP contribution is 2.32. The van der Waals surface area contributed by atoms with Crippen molar-refractivity contribution in [3.05, 3.63) is 0 Å². The third-order valence-electron chi connectivity index (χ3n) is 5.84. The molecule has 1 N–H and O–H groups in total. The molecular weight excluding hydrogens is 276 g/mol. The summed E-state index contributed by atoms with van der Waals surface area (Å²) in [5.74, 6) is 0.850. The van der Waals surface area contributed by atoms with E-state index in [0.717, 1.165) is 31.9 Å². The lowest BCUT2D eigenvalue weighted by Gasteiger charge is -2.31. The number of likely N-dealkylation sites (tertiary alicyclic amines) is 1. The molecule has 22 heavy (non-hydrogen) atoms. The SMILES string of the molecule is C[C@H](NC(=O)N1CCC[C@H]1CC1CCCCC1)[C@@H]1CCCO1. The fraction of sp³-hybridized carbons (Fsp3) is 0.944. The first-order chi connectivity index (χ1) is 10.7. The monoisotopic (exact) mass is 308 g/mol. The van der Waals surface area contributed by atoms with Crippen molar-refractivity contribution >= 4 is 6.03 Å². The summed E-state index contributed by atoms with van der Waals surface area (Å²) in [5.41, 5.74) is 0. The Morgan fingerprint density at radius 3 is 2.68 bits per heavy atom. The fourth-order valence-electron chi connectivity index (χ4n) is 4.52. The minimum Gasteiger partial charge on any atom is -0.376 e. The van der Waals surface area contributed by atoms with Crippen molar-refractivity contribution in [2.45, 2.75) is 89.3 Å². The van der Waals surface area contributed by atoms with Gasteiger partial charge < -0.3 is 15.0 Å². The standard InChI is InChI=1S/C18H32N2O2/c1-14(17-10-6-12-22-17)19-18(21)20-11-5-9-16(20)13-15-7-3-2-4-8-15/h14-17H,2-13H2,1H3,(H,19,21)/t14-,16-,17-/m0/s1. The summed E-state index contributed by atoms with van der Waals surface area (Å²) >= 11 is 0. The maximum atomic E-state index is 12.6. The Labute approximate surface area is 135 Å². The number of hydrogen-bond donors (Lipinski definition) is 1. The van der Waals surface area contributed by atoms with Crippen LogP contribution in [0, 0.1) is 5.92 Å². The number of rotatable bonds is 4. The van der Waals surface area contributed by atoms with Gasteiger partial charge in [0.05, 0.1) is 12.1 Å². The average Bonchev–Trinajstić information content (AvgIpc) is 3.19. The number of carbonyl (C=O) groups is 1. The molecule has 3 aliphatic rings. The van der Waals surface area contributed by atoms with Gasteiger partial charge in [0.15, 0.2) is 0 Å². The molecular formula is C18H32N2O2. The summed E-state index contributed by atoms with van der Waals surface area (Å²) < 4.78 is 5.69. The molecule has 0 bridgehead atoms. The zero-order chi connectivity index (χ0) is 15.4. The van der Waals surface area contributed by atoms with Gasteiger partial charge in [-0.05, 0) is 44.9 Å². The van der Waals surface area contributed by atoms with Crippen molar-refractivity contribution in [3.8, 4) is 0 Å². The van der Waals surface area contributed by atoms with E-state index in [4.69, 9.17) is 4.74 Å². The number of ether oxygens (including phenoxy) is 1. The summed E-state index contributed by atoms with van der Waals surface area (Å²) in [6, 6.07) is 0.743. The zero-order valence-electron chi connectivity index (χ0n) is 14.1. The average molecular weight is 308 g/mol. The van der Waals surface area contributed by atoms with E-state index in [-0.39, 0.29) is 18.2 Å². The second-order valence-corrected chi connectivity index (χ2v) is 7.52. The number of amides is 2. The van der Waals surface area contributed by atoms with Gasteiger partial charge in [-0.2, -0.15) is 0 Å². The van der Waals surface area contributed by atoms with Crippen LogP contribution in [0.2, 0.25) is 0 Å². The van der Waals surface area contributed by atoms with Crippen molar-refractivity contribution in [2.24, 2.45) is 5.92 Å². The maximum absolute atomic E-state index is 12.6. The normalized spacial score (nSPS) is 31.4. The predicted octanol–water partition coefficient (Wildman–Crippen LogP) is 3.70. The van der Waals surface area contributed by atoms with Crippen molar-refractivity contribution in [3.63, 3.8) is 0 Å². The first-order valence-corrected chi connectivity index (χ1v) is 9.43. The smallest absolute Gasteiger partial charge is 0.317 e. The second kappa shape index (κ2) is 7.67. The Morgan fingerprint density at radius 1 is 1.14 bits per heavy atom. The third kappa shape index (κ3) is 3.95. The molecule has 2 saturated heterocycles. The van der Waals surface area contributed by atoms with E-state index >= 15 is 0 Å². The Hall–Kier alpha value is -0.770. The van der Waals surface area contributed by atoms with Gasteiger partial charge in [-0.15, -0.1) is 0 Å². The lowest BCUT2D eigenvalue weighted by molar-refractivity contribution is 0.0824. The molecule has 0 aromatic carbocycles. The van der Waals surface area contributed by atoms with Crippen LogP contribution in [-0.4, -0.2) is 42.3 Å². The van der Waals surface area contributed by atoms with Gasteiger partial charge in [-0.3, -0.25) is 0 Å². The van der Waals surface area contributed by atoms with Crippen LogP contribution < -0.4 is 5.32 Å². The Morgan fingerprint density at radius 2 is 1.95 bits per heavy atom. The molecule has 3 atom stereocenters. The summed E-state index contributed by atoms with van der Waals surface area (Å²) in [6.07, 6.45) is 12.9. The highest BCUT2D eigenvalue weighted by Gasteiger charge is 2.33. The Balaban J connectivity index is 1.49. The van der Waals surface area contributed by atoms with Crippen molar-refractivity contribution in [2.75, 3.05) is 13.2 Å². The van der Waals surface area contributed by atoms with Gasteiger partial charge in [0.25, 0.3) is 0 Å². The van der Waals surface area contributed by atoms with Crippen LogP contribution in [0.3, 0.4) is 0 Å². The van der Waals surface area contributed by atoms with E-state index in [2.05, 4.69) is 17.1 Å². The number of carbonyl (C=O) groups excluding carboxylic acids is 1. The van der Waals surface area contributed by atoms with E-state index in [1.54, 1.807) is 0 Å². The second-order valence-electron chi connectivity index (χ2n) is 7.52. The molecule has 1 saturated carbocycles. The number of nitrogens with one attached hydrogen (secondary N) is 1. The van der Waals surface area contributed by atoms with Gasteiger partial charge in [0, 0.05) is 19.2 Å². The van der Waals surface area contributed by atoms with E-state index in [0.29, 0.717) is 6.04 Å². The van der Waals surface area contributed by atoms with Crippen molar-refractivity contribution < 1.29 is 9.53 Å². The molecule has 126 valence electrons. The lowest BCUT2D eigenvalue weighted by atomic mass is 9.84. The van der Waals surface area contributed by atoms with Gasteiger partial charge in [0.1, 0.15) is 0 Å². The predicted molar refractivity (Wildman–Crippen MR) is 87.9 cm³/mol. The fourth-order valence-corrected chi connectivity index (χ4v) is 4.52. The molecule has 3 rings (SSSR count). The Kier molecular flexibility index (Phi) is 5.61. The minimum atomic E-state index is 0.130.